The Balaban J connectivity index is 3.00. The summed E-state index contributed by atoms with van der Waals surface area (Å²) < 4.78 is 2.84. The van der Waals surface area contributed by atoms with E-state index in [1.54, 1.807) is 0 Å². The fourth-order valence-electron chi connectivity index (χ4n) is 1.08. The molecule has 0 amide bonds. The van der Waals surface area contributed by atoms with Crippen molar-refractivity contribution in [1.29, 1.82) is 5.26 Å². The molecule has 0 fully saturated rings. The molecule has 1 unspecified atom stereocenters. The molecule has 0 saturated carbocycles. The maximum absolute atomic E-state index is 8.87. The van der Waals surface area contributed by atoms with Crippen LogP contribution in [0.5, 0.6) is 0 Å². The van der Waals surface area contributed by atoms with Crippen molar-refractivity contribution in [3.8, 4) is 6.07 Å². The van der Waals surface area contributed by atoms with Gasteiger partial charge in [0.25, 0.3) is 0 Å². The lowest BCUT2D eigenvalue weighted by Gasteiger charge is -2.14. The third kappa shape index (κ3) is 3.47. The van der Waals surface area contributed by atoms with Crippen LogP contribution in [0, 0.1) is 11.3 Å². The Morgan fingerprint density at radius 3 is 2.27 bits per heavy atom. The SMILES string of the molecule is CCC(C#N)Nc1c(Br)cc(Br)cc1Br. The number of halogens is 3. The highest BCUT2D eigenvalue weighted by atomic mass is 79.9. The van der Waals surface area contributed by atoms with Crippen molar-refractivity contribution in [3.63, 3.8) is 0 Å². The summed E-state index contributed by atoms with van der Waals surface area (Å²) in [5.74, 6) is 0. The van der Waals surface area contributed by atoms with Gasteiger partial charge in [0.2, 0.25) is 0 Å². The Morgan fingerprint density at radius 2 is 1.87 bits per heavy atom. The Bertz CT molecular complexity index is 375. The molecule has 15 heavy (non-hydrogen) atoms. The minimum atomic E-state index is -0.168. The number of hydrogen-bond acceptors (Lipinski definition) is 2. The highest BCUT2D eigenvalue weighted by molar-refractivity contribution is 9.11. The van der Waals surface area contributed by atoms with Gasteiger partial charge in [-0.25, -0.2) is 0 Å². The predicted molar refractivity (Wildman–Crippen MR) is 72.9 cm³/mol. The molecule has 0 aliphatic rings. The summed E-state index contributed by atoms with van der Waals surface area (Å²) in [6.07, 6.45) is 0.769. The zero-order chi connectivity index (χ0) is 11.4. The molecule has 0 aliphatic carbocycles. The molecule has 0 spiro atoms. The van der Waals surface area contributed by atoms with Gasteiger partial charge in [0, 0.05) is 13.4 Å². The number of nitrogens with zero attached hydrogens (tertiary/aromatic N) is 1. The fourth-order valence-corrected chi connectivity index (χ4v) is 3.57. The highest BCUT2D eigenvalue weighted by Crippen LogP contribution is 2.34. The summed E-state index contributed by atoms with van der Waals surface area (Å²) in [6, 6.07) is 5.92. The van der Waals surface area contributed by atoms with Gasteiger partial charge >= 0.3 is 0 Å². The van der Waals surface area contributed by atoms with Crippen molar-refractivity contribution in [3.05, 3.63) is 25.6 Å². The van der Waals surface area contributed by atoms with E-state index in [9.17, 15) is 0 Å². The lowest BCUT2D eigenvalue weighted by Crippen LogP contribution is -2.16. The topological polar surface area (TPSA) is 35.8 Å². The zero-order valence-electron chi connectivity index (χ0n) is 8.02. The monoisotopic (exact) mass is 394 g/mol. The van der Waals surface area contributed by atoms with Gasteiger partial charge in [0.15, 0.2) is 0 Å². The van der Waals surface area contributed by atoms with Gasteiger partial charge in [0.1, 0.15) is 6.04 Å². The molecule has 1 rings (SSSR count). The molecule has 1 aromatic carbocycles. The summed E-state index contributed by atoms with van der Waals surface area (Å²) in [6.45, 7) is 1.97. The van der Waals surface area contributed by atoms with E-state index in [0.717, 1.165) is 25.5 Å². The van der Waals surface area contributed by atoms with Gasteiger partial charge in [-0.15, -0.1) is 0 Å². The first-order valence-corrected chi connectivity index (χ1v) is 6.77. The largest absolute Gasteiger partial charge is 0.368 e. The molecule has 0 heterocycles. The second kappa shape index (κ2) is 5.88. The zero-order valence-corrected chi connectivity index (χ0v) is 12.8. The van der Waals surface area contributed by atoms with Crippen LogP contribution in [0.2, 0.25) is 0 Å². The van der Waals surface area contributed by atoms with Gasteiger partial charge < -0.3 is 5.32 Å². The Labute approximate surface area is 114 Å². The minimum absolute atomic E-state index is 0.168. The normalized spacial score (nSPS) is 11.9. The Morgan fingerprint density at radius 1 is 1.33 bits per heavy atom. The smallest absolute Gasteiger partial charge is 0.114 e. The van der Waals surface area contributed by atoms with Crippen molar-refractivity contribution in [2.75, 3.05) is 5.32 Å². The maximum atomic E-state index is 8.87. The van der Waals surface area contributed by atoms with Crippen LogP contribution in [0.4, 0.5) is 5.69 Å². The average molecular weight is 397 g/mol. The van der Waals surface area contributed by atoms with Crippen LogP contribution in [0.1, 0.15) is 13.3 Å². The van der Waals surface area contributed by atoms with Crippen LogP contribution in [-0.4, -0.2) is 6.04 Å². The fraction of sp³-hybridized carbons (Fsp3) is 0.300. The van der Waals surface area contributed by atoms with E-state index in [4.69, 9.17) is 5.26 Å². The van der Waals surface area contributed by atoms with Crippen molar-refractivity contribution in [2.45, 2.75) is 19.4 Å². The van der Waals surface area contributed by atoms with Crippen LogP contribution >= 0.6 is 47.8 Å². The van der Waals surface area contributed by atoms with E-state index in [-0.39, 0.29) is 6.04 Å². The van der Waals surface area contributed by atoms with E-state index in [1.807, 2.05) is 19.1 Å². The van der Waals surface area contributed by atoms with Crippen molar-refractivity contribution in [1.82, 2.24) is 0 Å². The van der Waals surface area contributed by atoms with Crippen LogP contribution in [0.25, 0.3) is 0 Å². The molecule has 0 aromatic heterocycles. The highest BCUT2D eigenvalue weighted by Gasteiger charge is 2.10. The quantitative estimate of drug-likeness (QED) is 0.804. The molecule has 1 aromatic rings. The van der Waals surface area contributed by atoms with E-state index in [0.29, 0.717) is 0 Å². The molecule has 0 radical (unpaired) electrons. The molecule has 0 saturated heterocycles. The number of nitrogens with one attached hydrogen (secondary N) is 1. The Hall–Kier alpha value is -0.0500. The molecule has 0 bridgehead atoms. The first-order valence-electron chi connectivity index (χ1n) is 4.39. The second-order valence-corrected chi connectivity index (χ2v) is 5.60. The third-order valence-corrected chi connectivity index (χ3v) is 3.60. The third-order valence-electron chi connectivity index (χ3n) is 1.89. The summed E-state index contributed by atoms with van der Waals surface area (Å²) in [5, 5.41) is 12.0. The molecule has 2 nitrogen and oxygen atoms in total. The van der Waals surface area contributed by atoms with E-state index in [1.165, 1.54) is 0 Å². The summed E-state index contributed by atoms with van der Waals surface area (Å²) in [4.78, 5) is 0. The number of benzene rings is 1. The van der Waals surface area contributed by atoms with Crippen molar-refractivity contribution >= 4 is 53.5 Å². The van der Waals surface area contributed by atoms with Gasteiger partial charge in [-0.05, 0) is 50.4 Å². The van der Waals surface area contributed by atoms with Crippen molar-refractivity contribution in [2.24, 2.45) is 0 Å². The molecule has 0 aliphatic heterocycles. The van der Waals surface area contributed by atoms with Crippen LogP contribution in [-0.2, 0) is 0 Å². The first-order chi connectivity index (χ1) is 7.08. The lowest BCUT2D eigenvalue weighted by atomic mass is 10.2. The first kappa shape index (κ1) is 13.0. The number of nitriles is 1. The molecule has 1 atom stereocenters. The summed E-state index contributed by atoms with van der Waals surface area (Å²) in [5.41, 5.74) is 0.909. The molecular weight excluding hydrogens is 388 g/mol. The van der Waals surface area contributed by atoms with Crippen LogP contribution in [0.3, 0.4) is 0 Å². The molecule has 5 heteroatoms. The van der Waals surface area contributed by atoms with E-state index >= 15 is 0 Å². The van der Waals surface area contributed by atoms with E-state index in [2.05, 4.69) is 59.2 Å². The van der Waals surface area contributed by atoms with Gasteiger partial charge in [-0.2, -0.15) is 5.26 Å². The van der Waals surface area contributed by atoms with E-state index < -0.39 is 0 Å². The molecule has 80 valence electrons. The van der Waals surface area contributed by atoms with Crippen LogP contribution < -0.4 is 5.32 Å². The molecular formula is C10H9Br3N2. The van der Waals surface area contributed by atoms with Crippen LogP contribution in [0.15, 0.2) is 25.6 Å². The maximum Gasteiger partial charge on any atom is 0.114 e. The number of anilines is 1. The van der Waals surface area contributed by atoms with Crippen molar-refractivity contribution < 1.29 is 0 Å². The van der Waals surface area contributed by atoms with Gasteiger partial charge in [-0.1, -0.05) is 22.9 Å². The summed E-state index contributed by atoms with van der Waals surface area (Å²) in [7, 11) is 0. The van der Waals surface area contributed by atoms with Gasteiger partial charge in [0.05, 0.1) is 11.8 Å². The number of rotatable bonds is 3. The minimum Gasteiger partial charge on any atom is -0.368 e. The van der Waals surface area contributed by atoms with Gasteiger partial charge in [-0.3, -0.25) is 0 Å². The average Bonchev–Trinajstić information content (AvgIpc) is 2.17. The standard InChI is InChI=1S/C10H9Br3N2/c1-2-7(5-14)15-10-8(12)3-6(11)4-9(10)13/h3-4,7,15H,2H2,1H3. The molecule has 1 N–H and O–H groups in total. The Kier molecular flexibility index (Phi) is 5.10. The summed E-state index contributed by atoms with van der Waals surface area (Å²) >= 11 is 10.3. The second-order valence-electron chi connectivity index (χ2n) is 2.98. The number of hydrogen-bond donors (Lipinski definition) is 1. The lowest BCUT2D eigenvalue weighted by molar-refractivity contribution is 0.843. The predicted octanol–water partition coefficient (Wildman–Crippen LogP) is 4.69.